The van der Waals surface area contributed by atoms with Gasteiger partial charge in [0.15, 0.2) is 0 Å². The lowest BCUT2D eigenvalue weighted by Gasteiger charge is -2.37. The quantitative estimate of drug-likeness (QED) is 0.404. The van der Waals surface area contributed by atoms with Gasteiger partial charge in [0.2, 0.25) is 5.91 Å². The molecule has 9 heteroatoms. The van der Waals surface area contributed by atoms with E-state index in [-0.39, 0.29) is 43.1 Å². The summed E-state index contributed by atoms with van der Waals surface area (Å²) in [6, 6.07) is 18.1. The second-order valence-corrected chi connectivity index (χ2v) is 8.94. The van der Waals surface area contributed by atoms with Gasteiger partial charge in [-0.25, -0.2) is 4.79 Å². The summed E-state index contributed by atoms with van der Waals surface area (Å²) in [5.74, 6) is 0.495. The molecule has 3 aromatic rings. The Balaban J connectivity index is 1.24. The topological polar surface area (TPSA) is 122 Å². The molecular formula is C27H28N4O5. The fourth-order valence-electron chi connectivity index (χ4n) is 4.76. The molecule has 1 fully saturated rings. The van der Waals surface area contributed by atoms with E-state index >= 15 is 0 Å². The highest BCUT2D eigenvalue weighted by atomic mass is 16.6. The predicted molar refractivity (Wildman–Crippen MR) is 134 cm³/mol. The number of amides is 3. The van der Waals surface area contributed by atoms with Crippen LogP contribution in [0.5, 0.6) is 5.75 Å². The second-order valence-electron chi connectivity index (χ2n) is 8.94. The van der Waals surface area contributed by atoms with Crippen molar-refractivity contribution in [3.05, 3.63) is 84.2 Å². The van der Waals surface area contributed by atoms with E-state index in [0.717, 1.165) is 11.1 Å². The van der Waals surface area contributed by atoms with Crippen LogP contribution in [0.3, 0.4) is 0 Å². The highest BCUT2D eigenvalue weighted by Crippen LogP contribution is 2.47. The summed E-state index contributed by atoms with van der Waals surface area (Å²) in [6.07, 6.45) is 2.86. The van der Waals surface area contributed by atoms with E-state index in [1.165, 1.54) is 0 Å². The molecule has 1 aromatic heterocycles. The van der Waals surface area contributed by atoms with Crippen LogP contribution in [0, 0.1) is 0 Å². The Kier molecular flexibility index (Phi) is 7.11. The minimum Gasteiger partial charge on any atom is -0.487 e. The minimum absolute atomic E-state index is 0.0686. The molecule has 186 valence electrons. The number of para-hydroxylation sites is 1. The number of carbonyl (C=O) groups is 2. The molecule has 0 bridgehead atoms. The number of nitrogens with zero attached hydrogens (tertiary/aromatic N) is 1. The van der Waals surface area contributed by atoms with Gasteiger partial charge >= 0.3 is 6.03 Å². The first-order chi connectivity index (χ1) is 17.6. The van der Waals surface area contributed by atoms with Crippen molar-refractivity contribution in [3.63, 3.8) is 0 Å². The molecule has 3 heterocycles. The van der Waals surface area contributed by atoms with E-state index in [0.29, 0.717) is 30.1 Å². The number of pyridine rings is 1. The molecular weight excluding hydrogens is 460 g/mol. The van der Waals surface area contributed by atoms with Crippen LogP contribution in [0.4, 0.5) is 16.2 Å². The first-order valence-electron chi connectivity index (χ1n) is 11.9. The van der Waals surface area contributed by atoms with Crippen molar-refractivity contribution in [2.24, 2.45) is 0 Å². The molecule has 2 aliphatic rings. The Morgan fingerprint density at radius 1 is 1.03 bits per heavy atom. The number of hydrogen-bond donors (Lipinski definition) is 4. The fraction of sp³-hybridized carbons (Fsp3) is 0.296. The summed E-state index contributed by atoms with van der Waals surface area (Å²) in [4.78, 5) is 29.1. The maximum atomic E-state index is 12.6. The Hall–Kier alpha value is -3.95. The summed E-state index contributed by atoms with van der Waals surface area (Å²) in [7, 11) is 0. The molecule has 4 atom stereocenters. The number of urea groups is 1. The van der Waals surface area contributed by atoms with Gasteiger partial charge in [0, 0.05) is 41.8 Å². The normalized spacial score (nSPS) is 22.0. The first kappa shape index (κ1) is 23.8. The van der Waals surface area contributed by atoms with Crippen molar-refractivity contribution in [1.82, 2.24) is 10.3 Å². The van der Waals surface area contributed by atoms with Gasteiger partial charge in [0.1, 0.15) is 18.0 Å². The molecule has 0 spiro atoms. The second kappa shape index (κ2) is 10.8. The lowest BCUT2D eigenvalue weighted by atomic mass is 9.84. The van der Waals surface area contributed by atoms with Crippen molar-refractivity contribution in [2.45, 2.75) is 43.6 Å². The summed E-state index contributed by atoms with van der Waals surface area (Å²) in [6.45, 7) is 0.175. The van der Waals surface area contributed by atoms with Gasteiger partial charge in [-0.05, 0) is 48.4 Å². The van der Waals surface area contributed by atoms with E-state index in [4.69, 9.17) is 9.47 Å². The number of benzene rings is 2. The average Bonchev–Trinajstić information content (AvgIpc) is 3.26. The largest absolute Gasteiger partial charge is 0.487 e. The van der Waals surface area contributed by atoms with E-state index < -0.39 is 6.10 Å². The van der Waals surface area contributed by atoms with E-state index in [1.807, 2.05) is 54.6 Å². The third-order valence-electron chi connectivity index (χ3n) is 6.41. The number of aliphatic hydroxyl groups is 1. The zero-order valence-corrected chi connectivity index (χ0v) is 19.6. The molecule has 0 radical (unpaired) electrons. The Morgan fingerprint density at radius 2 is 1.86 bits per heavy atom. The van der Waals surface area contributed by atoms with Crippen LogP contribution >= 0.6 is 0 Å². The molecule has 9 nitrogen and oxygen atoms in total. The van der Waals surface area contributed by atoms with Gasteiger partial charge in [-0.15, -0.1) is 0 Å². The molecule has 1 saturated heterocycles. The molecule has 2 aromatic carbocycles. The van der Waals surface area contributed by atoms with Crippen molar-refractivity contribution in [3.8, 4) is 5.75 Å². The number of anilines is 2. The van der Waals surface area contributed by atoms with Crippen LogP contribution in [0.1, 0.15) is 29.9 Å². The number of carbonyl (C=O) groups excluding carboxylic acids is 2. The Bertz CT molecular complexity index is 1210. The third-order valence-corrected chi connectivity index (χ3v) is 6.41. The molecule has 0 unspecified atom stereocenters. The predicted octanol–water partition coefficient (Wildman–Crippen LogP) is 3.43. The van der Waals surface area contributed by atoms with Crippen molar-refractivity contribution < 1.29 is 24.2 Å². The molecule has 2 aliphatic heterocycles. The number of fused-ring (bicyclic) bond motifs is 3. The van der Waals surface area contributed by atoms with E-state index in [1.54, 1.807) is 18.5 Å². The van der Waals surface area contributed by atoms with Crippen molar-refractivity contribution in [2.75, 3.05) is 17.2 Å². The molecule has 3 amide bonds. The maximum Gasteiger partial charge on any atom is 0.323 e. The lowest BCUT2D eigenvalue weighted by molar-refractivity contribution is -0.142. The van der Waals surface area contributed by atoms with Crippen LogP contribution in [0.25, 0.3) is 0 Å². The van der Waals surface area contributed by atoms with Crippen LogP contribution in [-0.2, 0) is 16.1 Å². The molecule has 5 rings (SSSR count). The summed E-state index contributed by atoms with van der Waals surface area (Å²) in [5.41, 5.74) is 3.17. The van der Waals surface area contributed by atoms with Gasteiger partial charge in [-0.1, -0.05) is 24.3 Å². The van der Waals surface area contributed by atoms with Gasteiger partial charge < -0.3 is 30.5 Å². The highest BCUT2D eigenvalue weighted by molar-refractivity contribution is 5.99. The van der Waals surface area contributed by atoms with Crippen LogP contribution < -0.4 is 20.7 Å². The standard InChI is InChI=1S/C27H28N4O5/c32-16-24-26-22(12-20(35-24)13-25(33)29-15-17-5-4-10-28-14-17)21-11-19(8-9-23(21)36-26)31-27(34)30-18-6-2-1-3-7-18/h1-11,14,20,22,24,26,32H,12-13,15-16H2,(H,29,33)(H2,30,31,34)/t20-,22+,24-,26-/m1/s1. The lowest BCUT2D eigenvalue weighted by Crippen LogP contribution is -2.47. The van der Waals surface area contributed by atoms with Gasteiger partial charge in [0.25, 0.3) is 0 Å². The number of rotatable bonds is 7. The summed E-state index contributed by atoms with van der Waals surface area (Å²) < 4.78 is 12.1. The SMILES string of the molecule is O=C(C[C@H]1C[C@H]2c3cc(NC(=O)Nc4ccccc4)ccc3O[C@H]2[C@@H](CO)O1)NCc1cccnc1. The van der Waals surface area contributed by atoms with E-state index in [9.17, 15) is 14.7 Å². The van der Waals surface area contributed by atoms with Gasteiger partial charge in [-0.2, -0.15) is 0 Å². The van der Waals surface area contributed by atoms with Gasteiger partial charge in [-0.3, -0.25) is 9.78 Å². The molecule has 36 heavy (non-hydrogen) atoms. The van der Waals surface area contributed by atoms with Crippen molar-refractivity contribution >= 4 is 23.3 Å². The van der Waals surface area contributed by atoms with Crippen LogP contribution in [0.15, 0.2) is 73.1 Å². The summed E-state index contributed by atoms with van der Waals surface area (Å²) in [5, 5.41) is 18.5. The summed E-state index contributed by atoms with van der Waals surface area (Å²) >= 11 is 0. The average molecular weight is 489 g/mol. The number of aliphatic hydroxyl groups excluding tert-OH is 1. The minimum atomic E-state index is -0.551. The van der Waals surface area contributed by atoms with Crippen molar-refractivity contribution in [1.29, 1.82) is 0 Å². The smallest absolute Gasteiger partial charge is 0.323 e. The van der Waals surface area contributed by atoms with Crippen LogP contribution in [-0.4, -0.2) is 46.9 Å². The Morgan fingerprint density at radius 3 is 2.64 bits per heavy atom. The fourth-order valence-corrected chi connectivity index (χ4v) is 4.76. The number of aromatic nitrogens is 1. The third kappa shape index (κ3) is 5.48. The van der Waals surface area contributed by atoms with E-state index in [2.05, 4.69) is 20.9 Å². The zero-order chi connectivity index (χ0) is 24.9. The molecule has 0 aliphatic carbocycles. The first-order valence-corrected chi connectivity index (χ1v) is 11.9. The number of nitrogens with one attached hydrogen (secondary N) is 3. The maximum absolute atomic E-state index is 12.6. The number of hydrogen-bond acceptors (Lipinski definition) is 6. The monoisotopic (exact) mass is 488 g/mol. The Labute approximate surface area is 208 Å². The number of ether oxygens (including phenoxy) is 2. The highest BCUT2D eigenvalue weighted by Gasteiger charge is 2.46. The van der Waals surface area contributed by atoms with Gasteiger partial charge in [0.05, 0.1) is 19.1 Å². The van der Waals surface area contributed by atoms with Crippen LogP contribution in [0.2, 0.25) is 0 Å². The molecule has 4 N–H and O–H groups in total. The zero-order valence-electron chi connectivity index (χ0n) is 19.6. The molecule has 0 saturated carbocycles.